The zero-order chi connectivity index (χ0) is 13.9. The minimum absolute atomic E-state index is 0. The highest BCUT2D eigenvalue weighted by molar-refractivity contribution is 9.10. The molecule has 7 heteroatoms. The van der Waals surface area contributed by atoms with Crippen molar-refractivity contribution in [1.29, 1.82) is 0 Å². The summed E-state index contributed by atoms with van der Waals surface area (Å²) in [6.45, 7) is 4.65. The first-order chi connectivity index (χ1) is 9.03. The van der Waals surface area contributed by atoms with E-state index < -0.39 is 10.0 Å². The molecule has 4 nitrogen and oxygen atoms in total. The third-order valence-electron chi connectivity index (χ3n) is 3.54. The van der Waals surface area contributed by atoms with Crippen LogP contribution in [0.4, 0.5) is 0 Å². The third-order valence-corrected chi connectivity index (χ3v) is 5.51. The fraction of sp³-hybridized carbons (Fsp3) is 0.538. The Bertz CT molecular complexity index is 522. The maximum atomic E-state index is 12.2. The minimum Gasteiger partial charge on any atom is -0.299 e. The van der Waals surface area contributed by atoms with E-state index in [2.05, 4.69) is 32.5 Å². The van der Waals surface area contributed by atoms with Gasteiger partial charge >= 0.3 is 0 Å². The first kappa shape index (κ1) is 17.9. The van der Waals surface area contributed by atoms with E-state index in [1.54, 1.807) is 24.3 Å². The topological polar surface area (TPSA) is 49.4 Å². The Kier molecular flexibility index (Phi) is 6.94. The summed E-state index contributed by atoms with van der Waals surface area (Å²) in [6.07, 6.45) is 2.22. The fourth-order valence-electron chi connectivity index (χ4n) is 2.45. The molecule has 1 aromatic carbocycles. The van der Waals surface area contributed by atoms with Gasteiger partial charge in [0.2, 0.25) is 10.0 Å². The van der Waals surface area contributed by atoms with Crippen LogP contribution in [0, 0.1) is 0 Å². The van der Waals surface area contributed by atoms with Crippen LogP contribution < -0.4 is 4.72 Å². The van der Waals surface area contributed by atoms with Gasteiger partial charge in [0.25, 0.3) is 0 Å². The van der Waals surface area contributed by atoms with E-state index in [0.29, 0.717) is 17.5 Å². The van der Waals surface area contributed by atoms with Crippen LogP contribution in [0.3, 0.4) is 0 Å². The summed E-state index contributed by atoms with van der Waals surface area (Å²) in [7, 11) is -3.39. The molecular formula is C13H20BrClN2O2S. The van der Waals surface area contributed by atoms with Crippen molar-refractivity contribution in [3.05, 3.63) is 28.7 Å². The predicted molar refractivity (Wildman–Crippen MR) is 86.8 cm³/mol. The number of nitrogens with zero attached hydrogens (tertiary/aromatic N) is 1. The van der Waals surface area contributed by atoms with E-state index in [0.717, 1.165) is 30.4 Å². The summed E-state index contributed by atoms with van der Waals surface area (Å²) in [6, 6.07) is 7.03. The monoisotopic (exact) mass is 382 g/mol. The molecule has 1 N–H and O–H groups in total. The van der Waals surface area contributed by atoms with Crippen molar-refractivity contribution >= 4 is 38.4 Å². The third kappa shape index (κ3) is 4.43. The lowest BCUT2D eigenvalue weighted by molar-refractivity contribution is 0.268. The number of rotatable bonds is 5. The van der Waals surface area contributed by atoms with Crippen molar-refractivity contribution in [3.63, 3.8) is 0 Å². The Balaban J connectivity index is 0.00000200. The largest absolute Gasteiger partial charge is 0.299 e. The molecule has 1 aromatic rings. The first-order valence-electron chi connectivity index (χ1n) is 6.52. The van der Waals surface area contributed by atoms with E-state index in [4.69, 9.17) is 0 Å². The second kappa shape index (κ2) is 7.75. The Morgan fingerprint density at radius 3 is 2.60 bits per heavy atom. The molecule has 1 aliphatic heterocycles. The molecule has 114 valence electrons. The summed E-state index contributed by atoms with van der Waals surface area (Å²) in [5, 5.41) is 0. The van der Waals surface area contributed by atoms with E-state index >= 15 is 0 Å². The molecule has 1 fully saturated rings. The summed E-state index contributed by atoms with van der Waals surface area (Å²) in [4.78, 5) is 2.64. The number of hydrogen-bond donors (Lipinski definition) is 1. The van der Waals surface area contributed by atoms with Crippen LogP contribution in [0.2, 0.25) is 0 Å². The van der Waals surface area contributed by atoms with Gasteiger partial charge in [-0.15, -0.1) is 12.4 Å². The fourth-order valence-corrected chi connectivity index (χ4v) is 3.78. The lowest BCUT2D eigenvalue weighted by Gasteiger charge is -2.22. The first-order valence-corrected chi connectivity index (χ1v) is 8.80. The number of halogens is 2. The molecule has 0 aliphatic carbocycles. The number of sulfonamides is 1. The minimum atomic E-state index is -3.39. The molecule has 0 aromatic heterocycles. The highest BCUT2D eigenvalue weighted by Crippen LogP contribution is 2.18. The molecule has 1 saturated heterocycles. The van der Waals surface area contributed by atoms with Crippen LogP contribution in [0.1, 0.15) is 19.8 Å². The van der Waals surface area contributed by atoms with Gasteiger partial charge in [-0.1, -0.05) is 22.9 Å². The molecule has 0 bridgehead atoms. The van der Waals surface area contributed by atoms with Gasteiger partial charge in [0.05, 0.1) is 4.90 Å². The Labute approximate surface area is 135 Å². The van der Waals surface area contributed by atoms with Crippen molar-refractivity contribution in [2.75, 3.05) is 19.6 Å². The molecule has 1 unspecified atom stereocenters. The number of benzene rings is 1. The SMILES string of the molecule is CCN1CCCC1CNS(=O)(=O)c1ccc(Br)cc1.Cl. The van der Waals surface area contributed by atoms with Crippen LogP contribution in [0.15, 0.2) is 33.6 Å². The van der Waals surface area contributed by atoms with Crippen LogP contribution >= 0.6 is 28.3 Å². The lowest BCUT2D eigenvalue weighted by Crippen LogP contribution is -2.39. The number of hydrogen-bond acceptors (Lipinski definition) is 3. The predicted octanol–water partition coefficient (Wildman–Crippen LogP) is 2.63. The van der Waals surface area contributed by atoms with E-state index in [1.165, 1.54) is 0 Å². The van der Waals surface area contributed by atoms with E-state index in [9.17, 15) is 8.42 Å². The molecular weight excluding hydrogens is 364 g/mol. The van der Waals surface area contributed by atoms with Crippen molar-refractivity contribution in [2.24, 2.45) is 0 Å². The summed E-state index contributed by atoms with van der Waals surface area (Å²) in [5.41, 5.74) is 0. The van der Waals surface area contributed by atoms with Gasteiger partial charge in [-0.25, -0.2) is 13.1 Å². The second-order valence-electron chi connectivity index (χ2n) is 4.73. The van der Waals surface area contributed by atoms with Gasteiger partial charge in [0.1, 0.15) is 0 Å². The Morgan fingerprint density at radius 2 is 2.00 bits per heavy atom. The number of nitrogens with one attached hydrogen (secondary N) is 1. The van der Waals surface area contributed by atoms with E-state index in [-0.39, 0.29) is 12.4 Å². The summed E-state index contributed by atoms with van der Waals surface area (Å²) in [5.74, 6) is 0. The molecule has 2 rings (SSSR count). The van der Waals surface area contributed by atoms with Crippen LogP contribution in [-0.4, -0.2) is 39.0 Å². The molecule has 0 saturated carbocycles. The number of likely N-dealkylation sites (N-methyl/N-ethyl adjacent to an activating group) is 1. The zero-order valence-corrected chi connectivity index (χ0v) is 14.6. The molecule has 20 heavy (non-hydrogen) atoms. The second-order valence-corrected chi connectivity index (χ2v) is 7.41. The maximum Gasteiger partial charge on any atom is 0.240 e. The molecule has 0 spiro atoms. The lowest BCUT2D eigenvalue weighted by atomic mass is 10.2. The van der Waals surface area contributed by atoms with Crippen LogP contribution in [0.5, 0.6) is 0 Å². The normalized spacial score (nSPS) is 19.8. The number of likely N-dealkylation sites (tertiary alicyclic amines) is 1. The van der Waals surface area contributed by atoms with Crippen molar-refractivity contribution in [1.82, 2.24) is 9.62 Å². The van der Waals surface area contributed by atoms with Gasteiger partial charge in [0, 0.05) is 17.1 Å². The average molecular weight is 384 g/mol. The van der Waals surface area contributed by atoms with Gasteiger partial charge in [-0.3, -0.25) is 4.90 Å². The molecule has 1 atom stereocenters. The molecule has 1 heterocycles. The Morgan fingerprint density at radius 1 is 1.35 bits per heavy atom. The van der Waals surface area contributed by atoms with Gasteiger partial charge in [0.15, 0.2) is 0 Å². The van der Waals surface area contributed by atoms with Gasteiger partial charge < -0.3 is 0 Å². The summed E-state index contributed by atoms with van der Waals surface area (Å²) >= 11 is 3.30. The van der Waals surface area contributed by atoms with E-state index in [1.807, 2.05) is 0 Å². The smallest absolute Gasteiger partial charge is 0.240 e. The van der Waals surface area contributed by atoms with Gasteiger partial charge in [-0.05, 0) is 50.2 Å². The average Bonchev–Trinajstić information content (AvgIpc) is 2.84. The molecule has 1 aliphatic rings. The molecule has 0 amide bonds. The molecule has 0 radical (unpaired) electrons. The Hall–Kier alpha value is -0.140. The quantitative estimate of drug-likeness (QED) is 0.850. The van der Waals surface area contributed by atoms with Crippen molar-refractivity contribution < 1.29 is 8.42 Å². The zero-order valence-electron chi connectivity index (χ0n) is 11.4. The van der Waals surface area contributed by atoms with Crippen molar-refractivity contribution in [2.45, 2.75) is 30.7 Å². The van der Waals surface area contributed by atoms with Crippen LogP contribution in [0.25, 0.3) is 0 Å². The van der Waals surface area contributed by atoms with Gasteiger partial charge in [-0.2, -0.15) is 0 Å². The standard InChI is InChI=1S/C13H19BrN2O2S.ClH/c1-2-16-9-3-4-12(16)10-15-19(17,18)13-7-5-11(14)6-8-13;/h5-8,12,15H,2-4,9-10H2,1H3;1H. The highest BCUT2D eigenvalue weighted by atomic mass is 79.9. The maximum absolute atomic E-state index is 12.2. The van der Waals surface area contributed by atoms with Crippen LogP contribution in [-0.2, 0) is 10.0 Å². The highest BCUT2D eigenvalue weighted by Gasteiger charge is 2.24. The van der Waals surface area contributed by atoms with Crippen molar-refractivity contribution in [3.8, 4) is 0 Å². The summed E-state index contributed by atoms with van der Waals surface area (Å²) < 4.78 is 27.9.